The number of carbonyl (C=O) groups is 2. The van der Waals surface area contributed by atoms with E-state index in [1.807, 2.05) is 13.8 Å². The minimum atomic E-state index is -0.669. The number of hydrogen-bond donors (Lipinski definition) is 1. The SMILES string of the molecule is CCCCN(CCC)C(=O)C(=O)Nc1cc(C)on1. The number of aryl methyl sites for hydroxylation is 1. The monoisotopic (exact) mass is 267 g/mol. The zero-order chi connectivity index (χ0) is 14.3. The quantitative estimate of drug-likeness (QED) is 0.799. The highest BCUT2D eigenvalue weighted by Crippen LogP contribution is 2.07. The van der Waals surface area contributed by atoms with Crippen molar-refractivity contribution in [3.63, 3.8) is 0 Å². The van der Waals surface area contributed by atoms with E-state index >= 15 is 0 Å². The van der Waals surface area contributed by atoms with E-state index in [4.69, 9.17) is 4.52 Å². The zero-order valence-corrected chi connectivity index (χ0v) is 11.7. The number of hydrogen-bond acceptors (Lipinski definition) is 4. The van der Waals surface area contributed by atoms with Gasteiger partial charge in [0.05, 0.1) is 0 Å². The molecule has 2 amide bonds. The summed E-state index contributed by atoms with van der Waals surface area (Å²) in [4.78, 5) is 25.4. The van der Waals surface area contributed by atoms with Crippen molar-refractivity contribution in [2.75, 3.05) is 18.4 Å². The molecule has 0 fully saturated rings. The van der Waals surface area contributed by atoms with Gasteiger partial charge in [0.2, 0.25) is 0 Å². The lowest BCUT2D eigenvalue weighted by Gasteiger charge is -2.20. The summed E-state index contributed by atoms with van der Waals surface area (Å²) < 4.78 is 4.83. The molecule has 0 saturated heterocycles. The maximum absolute atomic E-state index is 12.0. The third-order valence-corrected chi connectivity index (χ3v) is 2.63. The lowest BCUT2D eigenvalue weighted by Crippen LogP contribution is -2.40. The van der Waals surface area contributed by atoms with E-state index < -0.39 is 11.8 Å². The molecule has 0 aromatic carbocycles. The molecule has 0 aliphatic rings. The van der Waals surface area contributed by atoms with Crippen molar-refractivity contribution in [1.82, 2.24) is 10.1 Å². The van der Waals surface area contributed by atoms with Crippen LogP contribution >= 0.6 is 0 Å². The molecule has 0 bridgehead atoms. The molecule has 0 aliphatic heterocycles. The van der Waals surface area contributed by atoms with Crippen LogP contribution in [0, 0.1) is 6.92 Å². The first-order valence-corrected chi connectivity index (χ1v) is 6.62. The summed E-state index contributed by atoms with van der Waals surface area (Å²) in [6.07, 6.45) is 2.70. The first-order chi connectivity index (χ1) is 9.08. The predicted molar refractivity (Wildman–Crippen MR) is 71.6 cm³/mol. The summed E-state index contributed by atoms with van der Waals surface area (Å²) in [7, 11) is 0. The minimum absolute atomic E-state index is 0.266. The molecular weight excluding hydrogens is 246 g/mol. The molecule has 106 valence electrons. The second-order valence-electron chi connectivity index (χ2n) is 4.42. The van der Waals surface area contributed by atoms with Crippen LogP contribution in [0.4, 0.5) is 5.82 Å². The highest BCUT2D eigenvalue weighted by molar-refractivity contribution is 6.39. The Morgan fingerprint density at radius 1 is 1.32 bits per heavy atom. The third-order valence-electron chi connectivity index (χ3n) is 2.63. The van der Waals surface area contributed by atoms with Crippen molar-refractivity contribution in [2.45, 2.75) is 40.0 Å². The average molecular weight is 267 g/mol. The van der Waals surface area contributed by atoms with Crippen LogP contribution in [0.15, 0.2) is 10.6 Å². The Balaban J connectivity index is 2.59. The first kappa shape index (κ1) is 15.2. The van der Waals surface area contributed by atoms with Gasteiger partial charge in [-0.25, -0.2) is 0 Å². The maximum Gasteiger partial charge on any atom is 0.315 e. The van der Waals surface area contributed by atoms with Crippen molar-refractivity contribution in [3.8, 4) is 0 Å². The molecule has 1 heterocycles. The largest absolute Gasteiger partial charge is 0.360 e. The van der Waals surface area contributed by atoms with Gasteiger partial charge >= 0.3 is 11.8 Å². The van der Waals surface area contributed by atoms with Gasteiger partial charge in [-0.3, -0.25) is 14.9 Å². The number of aromatic nitrogens is 1. The fourth-order valence-electron chi connectivity index (χ4n) is 1.67. The smallest absolute Gasteiger partial charge is 0.315 e. The lowest BCUT2D eigenvalue weighted by molar-refractivity contribution is -0.143. The van der Waals surface area contributed by atoms with Gasteiger partial charge in [0.15, 0.2) is 5.82 Å². The molecule has 6 heteroatoms. The van der Waals surface area contributed by atoms with Crippen LogP contribution in [-0.2, 0) is 9.59 Å². The third kappa shape index (κ3) is 4.73. The van der Waals surface area contributed by atoms with E-state index in [-0.39, 0.29) is 5.82 Å². The molecule has 1 N–H and O–H groups in total. The van der Waals surface area contributed by atoms with Gasteiger partial charge in [-0.15, -0.1) is 0 Å². The van der Waals surface area contributed by atoms with Gasteiger partial charge in [0.25, 0.3) is 0 Å². The second-order valence-corrected chi connectivity index (χ2v) is 4.42. The average Bonchev–Trinajstić information content (AvgIpc) is 2.79. The summed E-state index contributed by atoms with van der Waals surface area (Å²) in [5.41, 5.74) is 0. The minimum Gasteiger partial charge on any atom is -0.360 e. The molecule has 0 unspecified atom stereocenters. The van der Waals surface area contributed by atoms with Gasteiger partial charge in [-0.1, -0.05) is 25.4 Å². The van der Waals surface area contributed by atoms with Gasteiger partial charge in [0, 0.05) is 19.2 Å². The van der Waals surface area contributed by atoms with Crippen LogP contribution in [0.25, 0.3) is 0 Å². The van der Waals surface area contributed by atoms with E-state index in [0.717, 1.165) is 19.3 Å². The van der Waals surface area contributed by atoms with E-state index in [2.05, 4.69) is 10.5 Å². The zero-order valence-electron chi connectivity index (χ0n) is 11.7. The summed E-state index contributed by atoms with van der Waals surface area (Å²) in [5, 5.41) is 6.07. The summed E-state index contributed by atoms with van der Waals surface area (Å²) >= 11 is 0. The molecule has 0 aliphatic carbocycles. The lowest BCUT2D eigenvalue weighted by atomic mass is 10.3. The Bertz CT molecular complexity index is 429. The standard InChI is InChI=1S/C13H21N3O3/c1-4-6-8-16(7-5-2)13(18)12(17)14-11-9-10(3)19-15-11/h9H,4-8H2,1-3H3,(H,14,15,17). The number of amides is 2. The molecule has 0 saturated carbocycles. The van der Waals surface area contributed by atoms with Crippen molar-refractivity contribution in [1.29, 1.82) is 0 Å². The molecule has 1 aromatic heterocycles. The Labute approximate surface area is 113 Å². The molecule has 1 rings (SSSR count). The van der Waals surface area contributed by atoms with Crippen LogP contribution in [0.5, 0.6) is 0 Å². The number of anilines is 1. The number of unbranched alkanes of at least 4 members (excludes halogenated alkanes) is 1. The van der Waals surface area contributed by atoms with Crippen molar-refractivity contribution < 1.29 is 14.1 Å². The second kappa shape index (κ2) is 7.56. The number of nitrogens with one attached hydrogen (secondary N) is 1. The van der Waals surface area contributed by atoms with E-state index in [0.29, 0.717) is 18.8 Å². The molecule has 1 aromatic rings. The van der Waals surface area contributed by atoms with Crippen molar-refractivity contribution in [2.24, 2.45) is 0 Å². The van der Waals surface area contributed by atoms with E-state index in [1.165, 1.54) is 0 Å². The van der Waals surface area contributed by atoms with Gasteiger partial charge in [-0.2, -0.15) is 0 Å². The Hall–Kier alpha value is -1.85. The van der Waals surface area contributed by atoms with Crippen LogP contribution in [-0.4, -0.2) is 35.0 Å². The van der Waals surface area contributed by atoms with E-state index in [9.17, 15) is 9.59 Å². The topological polar surface area (TPSA) is 75.4 Å². The van der Waals surface area contributed by atoms with Gasteiger partial charge < -0.3 is 9.42 Å². The fourth-order valence-corrected chi connectivity index (χ4v) is 1.67. The molecular formula is C13H21N3O3. The highest BCUT2D eigenvalue weighted by Gasteiger charge is 2.21. The van der Waals surface area contributed by atoms with Crippen molar-refractivity contribution in [3.05, 3.63) is 11.8 Å². The maximum atomic E-state index is 12.0. The van der Waals surface area contributed by atoms with Crippen LogP contribution in [0.3, 0.4) is 0 Å². The summed E-state index contributed by atoms with van der Waals surface area (Å²) in [6.45, 7) is 6.94. The van der Waals surface area contributed by atoms with Gasteiger partial charge in [0.1, 0.15) is 5.76 Å². The predicted octanol–water partition coefficient (Wildman–Crippen LogP) is 1.96. The summed E-state index contributed by atoms with van der Waals surface area (Å²) in [6, 6.07) is 1.57. The van der Waals surface area contributed by atoms with Crippen molar-refractivity contribution >= 4 is 17.6 Å². The van der Waals surface area contributed by atoms with Crippen LogP contribution in [0.2, 0.25) is 0 Å². The highest BCUT2D eigenvalue weighted by atomic mass is 16.5. The fraction of sp³-hybridized carbons (Fsp3) is 0.615. The molecule has 6 nitrogen and oxygen atoms in total. The Morgan fingerprint density at radius 2 is 2.05 bits per heavy atom. The summed E-state index contributed by atoms with van der Waals surface area (Å²) in [5.74, 6) is -0.337. The molecule has 0 spiro atoms. The number of rotatable bonds is 6. The normalized spacial score (nSPS) is 10.3. The van der Waals surface area contributed by atoms with E-state index in [1.54, 1.807) is 17.9 Å². The van der Waals surface area contributed by atoms with Crippen LogP contribution < -0.4 is 5.32 Å². The number of nitrogens with zero attached hydrogens (tertiary/aromatic N) is 2. The van der Waals surface area contributed by atoms with Gasteiger partial charge in [-0.05, 0) is 19.8 Å². The first-order valence-electron chi connectivity index (χ1n) is 6.62. The molecule has 19 heavy (non-hydrogen) atoms. The van der Waals surface area contributed by atoms with Crippen LogP contribution in [0.1, 0.15) is 38.9 Å². The Kier molecular flexibility index (Phi) is 6.05. The molecule has 0 radical (unpaired) electrons. The molecule has 0 atom stereocenters. The Morgan fingerprint density at radius 3 is 2.58 bits per heavy atom. The number of carbonyl (C=O) groups excluding carboxylic acids is 2.